The molecule has 0 radical (unpaired) electrons. The Bertz CT molecular complexity index is 5810. The van der Waals surface area contributed by atoms with Gasteiger partial charge in [0.05, 0.1) is 32.0 Å². The molecule has 8 aromatic carbocycles. The number of carboxylic acids is 2. The molecule has 0 amide bonds. The van der Waals surface area contributed by atoms with Gasteiger partial charge in [-0.05, 0) is 84.9 Å². The third-order valence-electron chi connectivity index (χ3n) is 12.4. The van der Waals surface area contributed by atoms with Crippen LogP contribution in [0, 0.1) is 0 Å². The zero-order valence-corrected chi connectivity index (χ0v) is 50.5. The van der Waals surface area contributed by atoms with Crippen LogP contribution in [0.1, 0.15) is 20.7 Å². The second-order valence-electron chi connectivity index (χ2n) is 18.2. The van der Waals surface area contributed by atoms with Crippen LogP contribution >= 0.6 is 0 Å². The fourth-order valence-corrected chi connectivity index (χ4v) is 13.8. The van der Waals surface area contributed by atoms with Gasteiger partial charge in [-0.25, -0.2) is 36.7 Å². The number of primary sulfonamides is 2. The van der Waals surface area contributed by atoms with Crippen molar-refractivity contribution in [1.29, 1.82) is 0 Å². The average Bonchev–Trinajstić information content (AvgIpc) is 0.753. The van der Waals surface area contributed by atoms with Crippen molar-refractivity contribution in [2.24, 2.45) is 51.2 Å². The molecule has 17 N–H and O–H groups in total. The molecule has 0 aromatic heterocycles. The summed E-state index contributed by atoms with van der Waals surface area (Å²) < 4.78 is 265. The van der Waals surface area contributed by atoms with Gasteiger partial charge in [0.1, 0.15) is 74.9 Å². The number of nitrogens with two attached hydrogens (primary N) is 3. The lowest BCUT2D eigenvalue weighted by Crippen LogP contribution is -2.13. The highest BCUT2D eigenvalue weighted by atomic mass is 32.2. The summed E-state index contributed by atoms with van der Waals surface area (Å²) in [5.74, 6) is -8.21. The SMILES string of the molecule is Nc1c(N=Nc2ccc3c(O)c(N=Nc4ccc(S(N)(=O)=O)cc4C(=O)O)c(S(=O)(=O)O)cc3c2S(=O)(=O)O)cc(S(=O)(=O)O)c2cc(S(=O)(=O)O)c(N=Nc3ccc4c(O)c(N=Nc5ccc(S(N)(=O)=O)cc5C(=O)O)c(S(=O)(=O)O)cc4c3S(=O)(=O)O)c(O)c12. The number of aromatic hydroxyl groups is 3. The maximum atomic E-state index is 13.1. The van der Waals surface area contributed by atoms with E-state index in [0.29, 0.717) is 42.5 Å². The lowest BCUT2D eigenvalue weighted by atomic mass is 10.0. The van der Waals surface area contributed by atoms with Crippen molar-refractivity contribution in [2.75, 3.05) is 5.73 Å². The van der Waals surface area contributed by atoms with Crippen LogP contribution in [-0.2, 0) is 80.8 Å². The Morgan fingerprint density at radius 1 is 0.337 bits per heavy atom. The number of phenolic OH excluding ortho intramolecular Hbond substituents is 3. The lowest BCUT2D eigenvalue weighted by Gasteiger charge is -2.15. The Hall–Kier alpha value is -9.64. The highest BCUT2D eigenvalue weighted by Crippen LogP contribution is 2.51. The third-order valence-corrected chi connectivity index (χ3v) is 19.6. The summed E-state index contributed by atoms with van der Waals surface area (Å²) >= 11 is 0. The number of hydrogen-bond acceptors (Lipinski definition) is 30. The van der Waals surface area contributed by atoms with E-state index in [1.807, 2.05) is 0 Å². The van der Waals surface area contributed by atoms with Crippen molar-refractivity contribution < 1.29 is 130 Å². The molecule has 484 valence electrons. The van der Waals surface area contributed by atoms with Crippen LogP contribution in [0.3, 0.4) is 0 Å². The highest BCUT2D eigenvalue weighted by Gasteiger charge is 2.33. The summed E-state index contributed by atoms with van der Waals surface area (Å²) in [6, 6.07) is 7.34. The van der Waals surface area contributed by atoms with Gasteiger partial charge in [-0.1, -0.05) is 0 Å². The molecule has 8 aromatic rings. The largest absolute Gasteiger partial charge is 0.505 e. The molecular formula is C44H31N11O29S8. The van der Waals surface area contributed by atoms with E-state index < -0.39 is 244 Å². The van der Waals surface area contributed by atoms with Gasteiger partial charge in [0.2, 0.25) is 20.0 Å². The minimum Gasteiger partial charge on any atom is -0.505 e. The molecule has 0 fully saturated rings. The number of aromatic carboxylic acids is 2. The molecule has 40 nitrogen and oxygen atoms in total. The van der Waals surface area contributed by atoms with Crippen LogP contribution in [0.4, 0.5) is 51.2 Å². The monoisotopic (exact) mass is 1430 g/mol. The minimum absolute atomic E-state index is 0.158. The van der Waals surface area contributed by atoms with Gasteiger partial charge in [-0.2, -0.15) is 50.5 Å². The molecule has 0 heterocycles. The molecule has 48 heteroatoms. The first kappa shape index (κ1) is 68.3. The first-order chi connectivity index (χ1) is 42.0. The Labute approximate surface area is 512 Å². The fourth-order valence-electron chi connectivity index (χ4n) is 8.47. The van der Waals surface area contributed by atoms with Crippen LogP contribution in [0.25, 0.3) is 32.3 Å². The Morgan fingerprint density at radius 2 is 0.641 bits per heavy atom. The van der Waals surface area contributed by atoms with Gasteiger partial charge < -0.3 is 31.3 Å². The number of carbonyl (C=O) groups is 2. The van der Waals surface area contributed by atoms with Gasteiger partial charge in [0.25, 0.3) is 60.7 Å². The number of carboxylic acid groups (broad SMARTS) is 2. The van der Waals surface area contributed by atoms with E-state index in [4.69, 9.17) is 16.0 Å². The summed E-state index contributed by atoms with van der Waals surface area (Å²) in [5.41, 5.74) is -5.65. The number of rotatable bonds is 18. The maximum absolute atomic E-state index is 13.1. The molecular weight excluding hydrogens is 1400 g/mol. The van der Waals surface area contributed by atoms with Crippen LogP contribution < -0.4 is 16.0 Å². The second-order valence-corrected chi connectivity index (χ2v) is 29.6. The molecule has 0 aliphatic carbocycles. The zero-order valence-electron chi connectivity index (χ0n) is 43.9. The molecule has 92 heavy (non-hydrogen) atoms. The normalized spacial score (nSPS) is 13.4. The van der Waals surface area contributed by atoms with E-state index >= 15 is 0 Å². The van der Waals surface area contributed by atoms with Crippen molar-refractivity contribution in [3.05, 3.63) is 96.1 Å². The van der Waals surface area contributed by atoms with Crippen LogP contribution in [0.15, 0.2) is 165 Å². The Morgan fingerprint density at radius 3 is 0.967 bits per heavy atom. The summed E-state index contributed by atoms with van der Waals surface area (Å²) in [6.45, 7) is 0. The Balaban J connectivity index is 1.31. The number of nitrogen functional groups attached to an aromatic ring is 1. The van der Waals surface area contributed by atoms with Crippen LogP contribution in [0.2, 0.25) is 0 Å². The van der Waals surface area contributed by atoms with Gasteiger partial charge in [-0.3, -0.25) is 27.3 Å². The number of azo groups is 4. The summed E-state index contributed by atoms with van der Waals surface area (Å²) in [4.78, 5) is 13.1. The molecule has 0 aliphatic rings. The number of phenols is 3. The molecule has 0 saturated carbocycles. The Kier molecular flexibility index (Phi) is 17.2. The minimum atomic E-state index is -5.88. The summed E-state index contributed by atoms with van der Waals surface area (Å²) in [6.07, 6.45) is 0. The molecule has 0 unspecified atom stereocenters. The molecule has 0 aliphatic heterocycles. The lowest BCUT2D eigenvalue weighted by molar-refractivity contribution is 0.0686. The van der Waals surface area contributed by atoms with E-state index in [9.17, 15) is 130 Å². The molecule has 0 atom stereocenters. The van der Waals surface area contributed by atoms with E-state index in [1.54, 1.807) is 0 Å². The van der Waals surface area contributed by atoms with Crippen molar-refractivity contribution >= 4 is 176 Å². The molecule has 8 rings (SSSR count). The van der Waals surface area contributed by atoms with E-state index in [-0.39, 0.29) is 24.3 Å². The number of anilines is 1. The van der Waals surface area contributed by atoms with Crippen LogP contribution in [-0.4, -0.2) is 132 Å². The van der Waals surface area contributed by atoms with Crippen molar-refractivity contribution in [1.82, 2.24) is 0 Å². The van der Waals surface area contributed by atoms with Gasteiger partial charge >= 0.3 is 11.9 Å². The number of sulfonamides is 2. The van der Waals surface area contributed by atoms with E-state index in [0.717, 1.165) is 18.2 Å². The number of hydrogen-bond donors (Lipinski definition) is 14. The van der Waals surface area contributed by atoms with Crippen molar-refractivity contribution in [3.8, 4) is 17.2 Å². The highest BCUT2D eigenvalue weighted by molar-refractivity contribution is 7.89. The molecule has 0 bridgehead atoms. The first-order valence-corrected chi connectivity index (χ1v) is 34.9. The van der Waals surface area contributed by atoms with Gasteiger partial charge in [-0.15, -0.1) is 40.9 Å². The number of benzene rings is 8. The average molecular weight is 1430 g/mol. The molecule has 0 saturated heterocycles. The predicted molar refractivity (Wildman–Crippen MR) is 306 cm³/mol. The molecule has 0 spiro atoms. The van der Waals surface area contributed by atoms with Crippen molar-refractivity contribution in [3.63, 3.8) is 0 Å². The first-order valence-electron chi connectivity index (χ1n) is 23.1. The predicted octanol–water partition coefficient (Wildman–Crippen LogP) is 5.68. The fraction of sp³-hybridized carbons (Fsp3) is 0. The summed E-state index contributed by atoms with van der Waals surface area (Å²) in [7, 11) is -43.8. The van der Waals surface area contributed by atoms with Crippen molar-refractivity contribution in [2.45, 2.75) is 39.2 Å². The quantitative estimate of drug-likeness (QED) is 0.0279. The van der Waals surface area contributed by atoms with Crippen LogP contribution in [0.5, 0.6) is 17.2 Å². The smallest absolute Gasteiger partial charge is 0.338 e. The standard InChI is InChI=1S/C44H31N11O29S8/c45-34-28(52-50-26-7-3-17-19(41(26)91(79,80)81)11-30(88(70,71)72)35(38(17)56)53-48-24-5-1-15(85(46,63)64)9-21(24)43(59)60)14-29(87(67,68)69)23-13-32(90(76,77)78)37(40(58)33(23)34)55-51-27-8-4-18-20(42(27)92(82,83)84)12-31(89(73,74)75)36(39(18)57)54-49-25-6-2-16(86(47,65)66)10-22(25)44(61)62/h1-14,56-58H,45H2,(H,59,60)(H,61,62)(H2,46,63,64)(H2,47,65,66)(H,67,68,69)(H,70,71,72)(H,73,74,75)(H,76,77,78)(H,79,80,81)(H,82,83,84). The second kappa shape index (κ2) is 23.2. The zero-order chi connectivity index (χ0) is 68.9. The van der Waals surface area contributed by atoms with E-state index in [2.05, 4.69) is 40.9 Å². The maximum Gasteiger partial charge on any atom is 0.338 e. The van der Waals surface area contributed by atoms with Gasteiger partial charge in [0.15, 0.2) is 17.2 Å². The van der Waals surface area contributed by atoms with E-state index in [1.165, 1.54) is 0 Å². The summed E-state index contributed by atoms with van der Waals surface area (Å²) in [5, 5.41) is 85.8. The van der Waals surface area contributed by atoms with Gasteiger partial charge in [0, 0.05) is 26.9 Å². The third kappa shape index (κ3) is 13.4. The number of fused-ring (bicyclic) bond motifs is 3. The topological polar surface area (TPSA) is 707 Å². The number of nitrogens with zero attached hydrogens (tertiary/aromatic N) is 8.